The fraction of sp³-hybridized carbons (Fsp3) is 0.484. The van der Waals surface area contributed by atoms with Crippen LogP contribution in [-0.2, 0) is 9.59 Å². The third kappa shape index (κ3) is 6.37. The Hall–Kier alpha value is -3.02. The van der Waals surface area contributed by atoms with E-state index in [1.807, 2.05) is 31.0 Å². The quantitative estimate of drug-likeness (QED) is 0.304. The average molecular weight is 651 g/mol. The minimum atomic E-state index is -2.77. The Bertz CT molecular complexity index is 1560. The number of benzene rings is 1. The number of fused-ring (bicyclic) bond motifs is 2. The predicted molar refractivity (Wildman–Crippen MR) is 173 cm³/mol. The fourth-order valence-electron chi connectivity index (χ4n) is 6.58. The summed E-state index contributed by atoms with van der Waals surface area (Å²) in [6.07, 6.45) is 6.54. The molecule has 242 valence electrons. The van der Waals surface area contributed by atoms with Gasteiger partial charge in [-0.2, -0.15) is 0 Å². The summed E-state index contributed by atoms with van der Waals surface area (Å²) in [5.74, 6) is -1.44. The monoisotopic (exact) mass is 650 g/mol. The zero-order valence-corrected chi connectivity index (χ0v) is 26.4. The number of alkyl halides is 1. The molecule has 6 rings (SSSR count). The first-order valence-corrected chi connectivity index (χ1v) is 16.9. The smallest absolute Gasteiger partial charge is 0.262 e. The molecule has 44 heavy (non-hydrogen) atoms. The highest BCUT2D eigenvalue weighted by Crippen LogP contribution is 2.47. The maximum atomic E-state index is 14.2. The minimum absolute atomic E-state index is 0. The molecule has 1 aliphatic carbocycles. The third-order valence-corrected chi connectivity index (χ3v) is 11.1. The van der Waals surface area contributed by atoms with Gasteiger partial charge in [0.25, 0.3) is 5.91 Å². The lowest BCUT2D eigenvalue weighted by atomic mass is 9.89. The number of rotatable bonds is 8. The molecule has 1 aromatic carbocycles. The average Bonchev–Trinajstić information content (AvgIpc) is 3.54. The minimum Gasteiger partial charge on any atom is -0.412 e. The van der Waals surface area contributed by atoms with E-state index in [4.69, 9.17) is 0 Å². The zero-order valence-electron chi connectivity index (χ0n) is 24.6. The topological polar surface area (TPSA) is 155 Å². The lowest BCUT2D eigenvalue weighted by Gasteiger charge is -2.44. The van der Waals surface area contributed by atoms with Gasteiger partial charge in [-0.1, -0.05) is 13.0 Å². The Morgan fingerprint density at radius 1 is 1.20 bits per heavy atom. The van der Waals surface area contributed by atoms with E-state index in [-0.39, 0.29) is 39.0 Å². The van der Waals surface area contributed by atoms with Gasteiger partial charge >= 0.3 is 0 Å². The number of pyridine rings is 1. The van der Waals surface area contributed by atoms with Gasteiger partial charge in [-0.3, -0.25) is 19.4 Å². The summed E-state index contributed by atoms with van der Waals surface area (Å²) in [5, 5.41) is 3.58. The first-order valence-electron chi connectivity index (χ1n) is 14.8. The van der Waals surface area contributed by atoms with Gasteiger partial charge < -0.3 is 30.4 Å². The van der Waals surface area contributed by atoms with Gasteiger partial charge in [0.05, 0.1) is 4.88 Å². The molecule has 2 unspecified atom stereocenters. The molecule has 3 aliphatic rings. The van der Waals surface area contributed by atoms with Crippen LogP contribution in [0.15, 0.2) is 42.7 Å². The van der Waals surface area contributed by atoms with E-state index < -0.39 is 26.4 Å². The Kier molecular flexibility index (Phi) is 9.67. The number of halogens is 1. The number of carbonyl (C=O) groups excluding carboxylic acids is 3. The number of nitrogens with one attached hydrogen (secondary N) is 1. The predicted octanol–water partition coefficient (Wildman–Crippen LogP) is 4.54. The number of hydrogen-bond acceptors (Lipinski definition) is 7. The van der Waals surface area contributed by atoms with Crippen molar-refractivity contribution in [2.75, 3.05) is 19.6 Å². The fourth-order valence-corrected chi connectivity index (χ4v) is 7.96. The van der Waals surface area contributed by atoms with Crippen molar-refractivity contribution in [3.8, 4) is 0 Å². The Morgan fingerprint density at radius 3 is 2.68 bits per heavy atom. The third-order valence-electron chi connectivity index (χ3n) is 9.24. The van der Waals surface area contributed by atoms with Crippen LogP contribution in [0.4, 0.5) is 4.39 Å². The molecule has 0 radical (unpaired) electrons. The largest absolute Gasteiger partial charge is 0.412 e. The van der Waals surface area contributed by atoms with Crippen molar-refractivity contribution >= 4 is 47.5 Å². The first-order chi connectivity index (χ1) is 20.6. The molecule has 2 aromatic heterocycles. The molecule has 2 saturated heterocycles. The summed E-state index contributed by atoms with van der Waals surface area (Å²) >= 11 is 1.23. The number of thiophene rings is 1. The van der Waals surface area contributed by atoms with Crippen molar-refractivity contribution in [3.63, 3.8) is 0 Å². The van der Waals surface area contributed by atoms with E-state index in [0.29, 0.717) is 54.6 Å². The summed E-state index contributed by atoms with van der Waals surface area (Å²) in [4.78, 5) is 67.8. The maximum absolute atomic E-state index is 14.2. The van der Waals surface area contributed by atoms with Crippen LogP contribution >= 0.6 is 19.7 Å². The number of carbonyl (C=O) groups is 3. The van der Waals surface area contributed by atoms with Crippen molar-refractivity contribution in [2.24, 2.45) is 11.8 Å². The molecule has 2 aliphatic heterocycles. The van der Waals surface area contributed by atoms with Crippen molar-refractivity contribution in [2.45, 2.75) is 63.4 Å². The molecule has 10 nitrogen and oxygen atoms in total. The summed E-state index contributed by atoms with van der Waals surface area (Å²) in [7, 11) is -2.77. The molecule has 1 saturated carbocycles. The van der Waals surface area contributed by atoms with Crippen LogP contribution in [0.5, 0.6) is 0 Å². The van der Waals surface area contributed by atoms with Crippen LogP contribution in [0.1, 0.15) is 75.1 Å². The summed E-state index contributed by atoms with van der Waals surface area (Å²) in [6, 6.07) is 6.94. The van der Waals surface area contributed by atoms with Crippen LogP contribution in [-0.4, -0.2) is 79.5 Å². The van der Waals surface area contributed by atoms with Gasteiger partial charge in [-0.15, -0.1) is 11.3 Å². The van der Waals surface area contributed by atoms with Gasteiger partial charge in [0.1, 0.15) is 12.1 Å². The van der Waals surface area contributed by atoms with Gasteiger partial charge in [-0.25, -0.2) is 4.39 Å². The molecule has 3 amide bonds. The molecule has 3 fully saturated rings. The van der Waals surface area contributed by atoms with Crippen LogP contribution in [0.3, 0.4) is 0 Å². The number of likely N-dealkylation sites (tertiary alicyclic amines) is 2. The molecule has 4 heterocycles. The lowest BCUT2D eigenvalue weighted by molar-refractivity contribution is -0.150. The highest BCUT2D eigenvalue weighted by molar-refractivity contribution is 7.45. The van der Waals surface area contributed by atoms with Gasteiger partial charge in [0.15, 0.2) is 5.91 Å². The maximum Gasteiger partial charge on any atom is 0.262 e. The van der Waals surface area contributed by atoms with Crippen LogP contribution in [0.2, 0.25) is 0 Å². The number of aromatic nitrogens is 1. The van der Waals surface area contributed by atoms with E-state index in [1.54, 1.807) is 23.2 Å². The van der Waals surface area contributed by atoms with Crippen LogP contribution < -0.4 is 5.32 Å². The van der Waals surface area contributed by atoms with Crippen molar-refractivity contribution < 1.29 is 38.3 Å². The summed E-state index contributed by atoms with van der Waals surface area (Å²) in [5.41, 5.74) is 2.45. The zero-order chi connectivity index (χ0) is 30.4. The van der Waals surface area contributed by atoms with E-state index in [0.717, 1.165) is 28.7 Å². The van der Waals surface area contributed by atoms with Crippen LogP contribution in [0, 0.1) is 18.8 Å². The van der Waals surface area contributed by atoms with Crippen molar-refractivity contribution in [1.82, 2.24) is 20.1 Å². The molecule has 0 bridgehead atoms. The van der Waals surface area contributed by atoms with Crippen molar-refractivity contribution in [1.29, 1.82) is 0 Å². The lowest BCUT2D eigenvalue weighted by Crippen LogP contribution is -2.60. The second kappa shape index (κ2) is 13.1. The molecule has 5 N–H and O–H groups in total. The highest BCUT2D eigenvalue weighted by atomic mass is 32.1. The van der Waals surface area contributed by atoms with E-state index in [2.05, 4.69) is 10.3 Å². The van der Waals surface area contributed by atoms with E-state index in [1.165, 1.54) is 23.5 Å². The standard InChI is InChI=1S/C31H36FN4O5PS.H2O.3H2/c1-3-25(31(39)35-15-22(16-35)23-14-33-8-6-17(23)2)36-9-7-18-10-20(18)12-24(30(36)38)34-29(37)27-13-21-11-19(28(32)42(40)41)4-5-26(21)43-27;;;;/h4-6,8,11,13-14,18,20,22,24-25,28,40-41H,3,7,9-10,12,15-16H2,1-2H3,(H,34,37);1H2;3*1H/t18-,20?,24+,25+,28?;;;;/m1..../s1. The Morgan fingerprint density at radius 2 is 1.98 bits per heavy atom. The first kappa shape index (κ1) is 32.4. The second-order valence-corrected chi connectivity index (χ2v) is 14.2. The van der Waals surface area contributed by atoms with Crippen LogP contribution in [0.25, 0.3) is 10.1 Å². The van der Waals surface area contributed by atoms with Gasteiger partial charge in [-0.05, 0) is 90.8 Å². The normalized spacial score (nSPS) is 23.2. The van der Waals surface area contributed by atoms with E-state index >= 15 is 0 Å². The molecular formula is C31H44FN4O6PS. The van der Waals surface area contributed by atoms with Gasteiger partial charge in [0, 0.05) is 46.9 Å². The number of aryl methyl sites for hydroxylation is 1. The van der Waals surface area contributed by atoms with Gasteiger partial charge in [0.2, 0.25) is 20.2 Å². The van der Waals surface area contributed by atoms with E-state index in [9.17, 15) is 28.6 Å². The summed E-state index contributed by atoms with van der Waals surface area (Å²) < 4.78 is 14.9. The molecule has 13 heteroatoms. The molecule has 0 spiro atoms. The second-order valence-electron chi connectivity index (χ2n) is 12.0. The number of hydrogen-bond donors (Lipinski definition) is 3. The SMILES string of the molecule is CC[C@@H](C(=O)N1CC(c2cnccc2C)C1)N1CC[C@@H]2CC2C[C@H](NC(=O)c2cc3cc(C(F)P(O)O)ccc3s2)C1=O.O.[HH].[HH].[HH]. The highest BCUT2D eigenvalue weighted by Gasteiger charge is 2.46. The van der Waals surface area contributed by atoms with Crippen molar-refractivity contribution in [3.05, 3.63) is 64.3 Å². The number of amides is 3. The molecule has 5 atom stereocenters. The summed E-state index contributed by atoms with van der Waals surface area (Å²) in [6.45, 7) is 5.67. The Labute approximate surface area is 264 Å². The Balaban J connectivity index is 0.00000192. The molecule has 3 aromatic rings. The number of nitrogens with zero attached hydrogens (tertiary/aromatic N) is 3. The molecular weight excluding hydrogens is 606 g/mol.